The lowest BCUT2D eigenvalue weighted by Gasteiger charge is -2.24. The molecule has 0 aliphatic heterocycles. The van der Waals surface area contributed by atoms with E-state index in [4.69, 9.17) is 14.2 Å². The third kappa shape index (κ3) is 6.17. The summed E-state index contributed by atoms with van der Waals surface area (Å²) in [5.41, 5.74) is 4.50. The van der Waals surface area contributed by atoms with Crippen LogP contribution in [0.4, 0.5) is 0 Å². The molecule has 0 aliphatic rings. The average molecular weight is 503 g/mol. The molecule has 2 atom stereocenters. The van der Waals surface area contributed by atoms with Gasteiger partial charge in [-0.15, -0.1) is 0 Å². The molecule has 3 rings (SSSR count). The third-order valence-corrected chi connectivity index (χ3v) is 6.99. The summed E-state index contributed by atoms with van der Waals surface area (Å²) in [5.74, 6) is 2.08. The van der Waals surface area contributed by atoms with Crippen LogP contribution in [0.1, 0.15) is 45.7 Å². The highest BCUT2D eigenvalue weighted by molar-refractivity contribution is 7.09. The van der Waals surface area contributed by atoms with Crippen LogP contribution in [0.2, 0.25) is 0 Å². The lowest BCUT2D eigenvalue weighted by atomic mass is 9.93. The molecule has 1 aromatic heterocycles. The first-order chi connectivity index (χ1) is 16.7. The molecule has 0 amide bonds. The van der Waals surface area contributed by atoms with Crippen molar-refractivity contribution in [3.05, 3.63) is 66.6 Å². The van der Waals surface area contributed by atoms with Crippen LogP contribution in [0.15, 0.2) is 29.1 Å². The number of thiazole rings is 1. The van der Waals surface area contributed by atoms with Gasteiger partial charge in [0.25, 0.3) is 0 Å². The monoisotopic (exact) mass is 502 g/mol. The largest absolute Gasteiger partial charge is 0.496 e. The topological polar surface area (TPSA) is 113 Å². The number of aromatic nitrogens is 1. The molecule has 35 heavy (non-hydrogen) atoms. The SMILES string of the molecule is COc1c(C)c(C)c(OC)c(C(O)CNC(C)COc2ccc(Cc3sc(=O)[nH]c3O)cc2)c1C. The highest BCUT2D eigenvalue weighted by Crippen LogP contribution is 2.40. The Balaban J connectivity index is 1.56. The van der Waals surface area contributed by atoms with Crippen LogP contribution in [0.3, 0.4) is 0 Å². The zero-order valence-corrected chi connectivity index (χ0v) is 21.8. The Labute approximate surface area is 209 Å². The predicted molar refractivity (Wildman–Crippen MR) is 138 cm³/mol. The van der Waals surface area contributed by atoms with Crippen LogP contribution in [-0.4, -0.2) is 48.6 Å². The van der Waals surface area contributed by atoms with E-state index in [1.165, 1.54) is 0 Å². The molecule has 0 saturated heterocycles. The van der Waals surface area contributed by atoms with Gasteiger partial charge in [0, 0.05) is 30.1 Å². The van der Waals surface area contributed by atoms with Crippen LogP contribution in [0.5, 0.6) is 23.1 Å². The predicted octanol–water partition coefficient (Wildman–Crippen LogP) is 3.77. The van der Waals surface area contributed by atoms with Crippen molar-refractivity contribution in [2.24, 2.45) is 0 Å². The van der Waals surface area contributed by atoms with Gasteiger partial charge in [-0.05, 0) is 56.5 Å². The molecule has 3 aromatic rings. The molecule has 0 spiro atoms. The number of aromatic amines is 1. The minimum absolute atomic E-state index is 0.0156. The van der Waals surface area contributed by atoms with Crippen LogP contribution >= 0.6 is 11.3 Å². The number of aliphatic hydroxyl groups is 1. The number of nitrogens with one attached hydrogen (secondary N) is 2. The summed E-state index contributed by atoms with van der Waals surface area (Å²) in [6, 6.07) is 7.52. The van der Waals surface area contributed by atoms with E-state index in [1.807, 2.05) is 52.0 Å². The second-order valence-electron chi connectivity index (χ2n) is 8.60. The zero-order chi connectivity index (χ0) is 25.7. The molecule has 8 nitrogen and oxygen atoms in total. The fourth-order valence-electron chi connectivity index (χ4n) is 4.14. The second-order valence-corrected chi connectivity index (χ2v) is 9.67. The maximum atomic E-state index is 11.3. The van der Waals surface area contributed by atoms with E-state index in [9.17, 15) is 15.0 Å². The number of methoxy groups -OCH3 is 2. The van der Waals surface area contributed by atoms with Gasteiger partial charge < -0.3 is 29.7 Å². The molecular weight excluding hydrogens is 468 g/mol. The molecule has 2 unspecified atom stereocenters. The maximum absolute atomic E-state index is 11.3. The molecule has 4 N–H and O–H groups in total. The van der Waals surface area contributed by atoms with E-state index < -0.39 is 6.10 Å². The minimum atomic E-state index is -0.777. The van der Waals surface area contributed by atoms with Crippen molar-refractivity contribution in [2.75, 3.05) is 27.4 Å². The number of hydrogen-bond acceptors (Lipinski definition) is 8. The molecule has 1 heterocycles. The Morgan fingerprint density at radius 1 is 1.03 bits per heavy atom. The summed E-state index contributed by atoms with van der Waals surface area (Å²) in [6.07, 6.45) is -0.308. The lowest BCUT2D eigenvalue weighted by Crippen LogP contribution is -2.35. The van der Waals surface area contributed by atoms with Gasteiger partial charge in [0.2, 0.25) is 5.88 Å². The number of aliphatic hydroxyl groups excluding tert-OH is 1. The van der Waals surface area contributed by atoms with Gasteiger partial charge in [-0.3, -0.25) is 9.78 Å². The normalized spacial score (nSPS) is 12.9. The number of benzene rings is 2. The number of rotatable bonds is 11. The van der Waals surface area contributed by atoms with Gasteiger partial charge in [0.05, 0.1) is 25.2 Å². The quantitative estimate of drug-likeness (QED) is 0.316. The Kier molecular flexibility index (Phi) is 8.82. The zero-order valence-electron chi connectivity index (χ0n) is 21.0. The maximum Gasteiger partial charge on any atom is 0.307 e. The molecule has 0 saturated carbocycles. The Morgan fingerprint density at radius 3 is 2.23 bits per heavy atom. The van der Waals surface area contributed by atoms with E-state index in [0.717, 1.165) is 44.9 Å². The van der Waals surface area contributed by atoms with Gasteiger partial charge in [0.15, 0.2) is 0 Å². The Morgan fingerprint density at radius 2 is 1.66 bits per heavy atom. The van der Waals surface area contributed by atoms with Gasteiger partial charge in [-0.25, -0.2) is 0 Å². The fourth-order valence-corrected chi connectivity index (χ4v) is 4.90. The summed E-state index contributed by atoms with van der Waals surface area (Å²) < 4.78 is 17.1. The summed E-state index contributed by atoms with van der Waals surface area (Å²) in [7, 11) is 3.25. The molecular formula is C26H34N2O6S. The smallest absolute Gasteiger partial charge is 0.307 e. The Bertz CT molecular complexity index is 1200. The van der Waals surface area contributed by atoms with Crippen LogP contribution in [-0.2, 0) is 6.42 Å². The van der Waals surface area contributed by atoms with Crippen molar-refractivity contribution in [2.45, 2.75) is 46.3 Å². The van der Waals surface area contributed by atoms with Gasteiger partial charge in [-0.2, -0.15) is 0 Å². The summed E-state index contributed by atoms with van der Waals surface area (Å²) in [4.78, 5) is 14.0. The first-order valence-electron chi connectivity index (χ1n) is 11.4. The number of hydrogen-bond donors (Lipinski definition) is 4. The van der Waals surface area contributed by atoms with Crippen molar-refractivity contribution in [3.63, 3.8) is 0 Å². The van der Waals surface area contributed by atoms with Crippen LogP contribution < -0.4 is 24.4 Å². The minimum Gasteiger partial charge on any atom is -0.496 e. The molecule has 0 aliphatic carbocycles. The summed E-state index contributed by atoms with van der Waals surface area (Å²) in [6.45, 7) is 8.61. The van der Waals surface area contributed by atoms with Crippen molar-refractivity contribution < 1.29 is 24.4 Å². The molecule has 0 fully saturated rings. The van der Waals surface area contributed by atoms with Gasteiger partial charge >= 0.3 is 4.87 Å². The molecule has 0 bridgehead atoms. The second kappa shape index (κ2) is 11.6. The van der Waals surface area contributed by atoms with Crippen molar-refractivity contribution in [1.29, 1.82) is 0 Å². The Hall–Kier alpha value is -3.01. The third-order valence-electron chi connectivity index (χ3n) is 6.12. The van der Waals surface area contributed by atoms with Crippen LogP contribution in [0, 0.1) is 20.8 Å². The molecule has 190 valence electrons. The van der Waals surface area contributed by atoms with E-state index in [1.54, 1.807) is 14.2 Å². The lowest BCUT2D eigenvalue weighted by molar-refractivity contribution is 0.159. The van der Waals surface area contributed by atoms with E-state index in [0.29, 0.717) is 35.9 Å². The highest BCUT2D eigenvalue weighted by Gasteiger charge is 2.24. The van der Waals surface area contributed by atoms with Crippen molar-refractivity contribution >= 4 is 11.3 Å². The van der Waals surface area contributed by atoms with Crippen molar-refractivity contribution in [1.82, 2.24) is 10.3 Å². The first-order valence-corrected chi connectivity index (χ1v) is 12.2. The van der Waals surface area contributed by atoms with Gasteiger partial charge in [0.1, 0.15) is 23.9 Å². The number of aromatic hydroxyl groups is 1. The first kappa shape index (κ1) is 26.6. The van der Waals surface area contributed by atoms with Crippen molar-refractivity contribution in [3.8, 4) is 23.1 Å². The summed E-state index contributed by atoms with van der Waals surface area (Å²) >= 11 is 1.00. The fraction of sp³-hybridized carbons (Fsp3) is 0.423. The number of H-pyrrole nitrogens is 1. The summed E-state index contributed by atoms with van der Waals surface area (Å²) in [5, 5.41) is 24.0. The standard InChI is InChI=1S/C26H34N2O6S/c1-14(13-34-19-9-7-18(8-10-19)11-21-25(30)28-26(31)35-21)27-12-20(29)22-17(4)23(32-5)15(2)16(3)24(22)33-6/h7-10,14,20,27,29-30H,11-13H2,1-6H3,(H,28,31). The molecule has 0 radical (unpaired) electrons. The average Bonchev–Trinajstić information content (AvgIpc) is 3.15. The van der Waals surface area contributed by atoms with Crippen LogP contribution in [0.25, 0.3) is 0 Å². The highest BCUT2D eigenvalue weighted by atomic mass is 32.1. The number of ether oxygens (including phenoxy) is 3. The molecule has 2 aromatic carbocycles. The molecule has 9 heteroatoms. The van der Waals surface area contributed by atoms with E-state index in [-0.39, 0.29) is 16.8 Å². The van der Waals surface area contributed by atoms with Gasteiger partial charge in [-0.1, -0.05) is 23.5 Å². The van der Waals surface area contributed by atoms with E-state index >= 15 is 0 Å². The van der Waals surface area contributed by atoms with E-state index in [2.05, 4.69) is 10.3 Å².